The van der Waals surface area contributed by atoms with Crippen molar-refractivity contribution in [2.75, 3.05) is 13.2 Å². The molecule has 4 nitrogen and oxygen atoms in total. The van der Waals surface area contributed by atoms with Crippen LogP contribution in [0.2, 0.25) is 0 Å². The van der Waals surface area contributed by atoms with Crippen LogP contribution in [0.15, 0.2) is 0 Å². The van der Waals surface area contributed by atoms with E-state index in [2.05, 4.69) is 6.92 Å². The molecule has 0 amide bonds. The van der Waals surface area contributed by atoms with Crippen molar-refractivity contribution >= 4 is 5.97 Å². The molecular formula is C18H32O4. The van der Waals surface area contributed by atoms with Crippen LogP contribution in [0, 0.1) is 17.8 Å². The molecule has 0 unspecified atom stereocenters. The second-order valence-corrected chi connectivity index (χ2v) is 7.05. The highest BCUT2D eigenvalue weighted by Gasteiger charge is 2.34. The molecule has 0 aromatic heterocycles. The summed E-state index contributed by atoms with van der Waals surface area (Å²) in [6, 6.07) is 0. The van der Waals surface area contributed by atoms with Gasteiger partial charge in [-0.2, -0.15) is 0 Å². The van der Waals surface area contributed by atoms with Gasteiger partial charge in [-0.1, -0.05) is 45.4 Å². The molecule has 4 heteroatoms. The van der Waals surface area contributed by atoms with E-state index in [1.54, 1.807) is 0 Å². The van der Waals surface area contributed by atoms with E-state index in [0.717, 1.165) is 5.92 Å². The Morgan fingerprint density at radius 2 is 1.64 bits per heavy atom. The minimum absolute atomic E-state index is 0.166. The number of carboxylic acids is 1. The molecule has 1 heterocycles. The van der Waals surface area contributed by atoms with Gasteiger partial charge in [0.05, 0.1) is 13.2 Å². The van der Waals surface area contributed by atoms with Crippen LogP contribution in [0.3, 0.4) is 0 Å². The highest BCUT2D eigenvalue weighted by molar-refractivity contribution is 5.70. The van der Waals surface area contributed by atoms with E-state index in [1.807, 2.05) is 0 Å². The smallest absolute Gasteiger partial charge is 0.311 e. The SMILES string of the molecule is CCCCCCC[C@H]1CC[C@H](C2OCC(C(=O)O)CO2)CC1. The second kappa shape index (κ2) is 9.51. The van der Waals surface area contributed by atoms with Gasteiger partial charge in [-0.05, 0) is 31.6 Å². The zero-order chi connectivity index (χ0) is 15.8. The summed E-state index contributed by atoms with van der Waals surface area (Å²) in [5.74, 6) is 0.0419. The van der Waals surface area contributed by atoms with Gasteiger partial charge in [0.25, 0.3) is 0 Å². The van der Waals surface area contributed by atoms with Crippen molar-refractivity contribution in [2.45, 2.75) is 77.4 Å². The lowest BCUT2D eigenvalue weighted by Gasteiger charge is -2.36. The van der Waals surface area contributed by atoms with Crippen LogP contribution in [0.5, 0.6) is 0 Å². The maximum Gasteiger partial charge on any atom is 0.311 e. The molecule has 0 atom stereocenters. The van der Waals surface area contributed by atoms with E-state index in [1.165, 1.54) is 64.2 Å². The van der Waals surface area contributed by atoms with Crippen molar-refractivity contribution in [3.63, 3.8) is 0 Å². The Hall–Kier alpha value is -0.610. The zero-order valence-electron chi connectivity index (χ0n) is 14.0. The summed E-state index contributed by atoms with van der Waals surface area (Å²) in [5, 5.41) is 8.95. The summed E-state index contributed by atoms with van der Waals surface area (Å²) < 4.78 is 11.3. The average Bonchev–Trinajstić information content (AvgIpc) is 2.55. The number of carbonyl (C=O) groups is 1. The van der Waals surface area contributed by atoms with E-state index in [4.69, 9.17) is 14.6 Å². The number of aliphatic carboxylic acids is 1. The van der Waals surface area contributed by atoms with Gasteiger partial charge in [-0.25, -0.2) is 0 Å². The van der Waals surface area contributed by atoms with Gasteiger partial charge >= 0.3 is 5.97 Å². The molecule has 0 aromatic rings. The van der Waals surface area contributed by atoms with Crippen LogP contribution in [-0.2, 0) is 14.3 Å². The van der Waals surface area contributed by atoms with Gasteiger partial charge < -0.3 is 14.6 Å². The summed E-state index contributed by atoms with van der Waals surface area (Å²) in [5.41, 5.74) is 0. The van der Waals surface area contributed by atoms with Gasteiger partial charge in [0.15, 0.2) is 6.29 Å². The molecule has 2 aliphatic rings. The van der Waals surface area contributed by atoms with Crippen LogP contribution in [0.4, 0.5) is 0 Å². The first-order valence-electron chi connectivity index (χ1n) is 9.16. The van der Waals surface area contributed by atoms with Crippen molar-refractivity contribution in [2.24, 2.45) is 17.8 Å². The van der Waals surface area contributed by atoms with Gasteiger partial charge in [0, 0.05) is 5.92 Å². The molecule has 1 aliphatic carbocycles. The van der Waals surface area contributed by atoms with Crippen molar-refractivity contribution in [1.29, 1.82) is 0 Å². The predicted molar refractivity (Wildman–Crippen MR) is 85.6 cm³/mol. The third-order valence-electron chi connectivity index (χ3n) is 5.26. The monoisotopic (exact) mass is 312 g/mol. The summed E-state index contributed by atoms with van der Waals surface area (Å²) in [6.45, 7) is 2.87. The fourth-order valence-electron chi connectivity index (χ4n) is 3.72. The molecule has 0 spiro atoms. The van der Waals surface area contributed by atoms with Crippen molar-refractivity contribution in [1.82, 2.24) is 0 Å². The lowest BCUT2D eigenvalue weighted by atomic mass is 9.79. The van der Waals surface area contributed by atoms with E-state index in [9.17, 15) is 4.79 Å². The molecule has 1 aliphatic heterocycles. The van der Waals surface area contributed by atoms with Crippen LogP contribution >= 0.6 is 0 Å². The lowest BCUT2D eigenvalue weighted by Crippen LogP contribution is -2.41. The fraction of sp³-hybridized carbons (Fsp3) is 0.944. The molecule has 128 valence electrons. The van der Waals surface area contributed by atoms with Crippen molar-refractivity contribution in [3.8, 4) is 0 Å². The van der Waals surface area contributed by atoms with Gasteiger partial charge in [-0.15, -0.1) is 0 Å². The number of carboxylic acid groups (broad SMARTS) is 1. The third kappa shape index (κ3) is 5.54. The quantitative estimate of drug-likeness (QED) is 0.682. The third-order valence-corrected chi connectivity index (χ3v) is 5.26. The fourth-order valence-corrected chi connectivity index (χ4v) is 3.72. The number of unbranched alkanes of at least 4 members (excludes halogenated alkanes) is 4. The van der Waals surface area contributed by atoms with Crippen LogP contribution < -0.4 is 0 Å². The van der Waals surface area contributed by atoms with Gasteiger partial charge in [0.1, 0.15) is 5.92 Å². The lowest BCUT2D eigenvalue weighted by molar-refractivity contribution is -0.231. The number of ether oxygens (including phenoxy) is 2. The first-order valence-corrected chi connectivity index (χ1v) is 9.16. The molecule has 1 N–H and O–H groups in total. The second-order valence-electron chi connectivity index (χ2n) is 7.05. The summed E-state index contributed by atoms with van der Waals surface area (Å²) in [7, 11) is 0. The first kappa shape index (κ1) is 17.7. The van der Waals surface area contributed by atoms with E-state index >= 15 is 0 Å². The van der Waals surface area contributed by atoms with E-state index < -0.39 is 11.9 Å². The van der Waals surface area contributed by atoms with Gasteiger partial charge in [0.2, 0.25) is 0 Å². The predicted octanol–water partition coefficient (Wildman–Crippen LogP) is 4.23. The van der Waals surface area contributed by atoms with Gasteiger partial charge in [-0.3, -0.25) is 4.79 Å². The highest BCUT2D eigenvalue weighted by atomic mass is 16.7. The molecule has 0 aromatic carbocycles. The van der Waals surface area contributed by atoms with Crippen LogP contribution in [0.1, 0.15) is 71.1 Å². The molecule has 0 radical (unpaired) electrons. The Balaban J connectivity index is 1.58. The van der Waals surface area contributed by atoms with E-state index in [0.29, 0.717) is 19.1 Å². The average molecular weight is 312 g/mol. The Morgan fingerprint density at radius 3 is 2.23 bits per heavy atom. The molecule has 2 fully saturated rings. The molecule has 22 heavy (non-hydrogen) atoms. The van der Waals surface area contributed by atoms with Crippen LogP contribution in [0.25, 0.3) is 0 Å². The Labute approximate surface area is 134 Å². The normalized spacial score (nSPS) is 32.8. The largest absolute Gasteiger partial charge is 0.481 e. The number of hydrogen-bond acceptors (Lipinski definition) is 3. The molecule has 1 saturated carbocycles. The maximum absolute atomic E-state index is 10.9. The first-order chi connectivity index (χ1) is 10.7. The summed E-state index contributed by atoms with van der Waals surface area (Å²) >= 11 is 0. The molecule has 1 saturated heterocycles. The summed E-state index contributed by atoms with van der Waals surface area (Å²) in [4.78, 5) is 10.9. The minimum Gasteiger partial charge on any atom is -0.481 e. The standard InChI is InChI=1S/C18H32O4/c1-2-3-4-5-6-7-14-8-10-15(11-9-14)18-21-12-16(13-22-18)17(19)20/h14-16,18H,2-13H2,1H3,(H,19,20)/t14-,15-,16?,18?. The molecular weight excluding hydrogens is 280 g/mol. The topological polar surface area (TPSA) is 55.8 Å². The minimum atomic E-state index is -0.815. The number of rotatable bonds is 8. The van der Waals surface area contributed by atoms with Crippen LogP contribution in [-0.4, -0.2) is 30.6 Å². The highest BCUT2D eigenvalue weighted by Crippen LogP contribution is 2.36. The maximum atomic E-state index is 10.9. The molecule has 2 rings (SSSR count). The Morgan fingerprint density at radius 1 is 1.00 bits per heavy atom. The number of hydrogen-bond donors (Lipinski definition) is 1. The Bertz CT molecular complexity index is 315. The van der Waals surface area contributed by atoms with Crippen molar-refractivity contribution < 1.29 is 19.4 Å². The Kier molecular flexibility index (Phi) is 7.67. The summed E-state index contributed by atoms with van der Waals surface area (Å²) in [6.07, 6.45) is 13.0. The van der Waals surface area contributed by atoms with E-state index in [-0.39, 0.29) is 6.29 Å². The molecule has 0 bridgehead atoms. The van der Waals surface area contributed by atoms with Crippen molar-refractivity contribution in [3.05, 3.63) is 0 Å². The zero-order valence-corrected chi connectivity index (χ0v) is 14.0.